The van der Waals surface area contributed by atoms with Crippen LogP contribution in [0.2, 0.25) is 4.47 Å². The van der Waals surface area contributed by atoms with E-state index in [4.69, 9.17) is 11.6 Å². The molecule has 0 radical (unpaired) electrons. The van der Waals surface area contributed by atoms with Gasteiger partial charge in [-0.3, -0.25) is 5.01 Å². The van der Waals surface area contributed by atoms with Gasteiger partial charge in [0.1, 0.15) is 11.0 Å². The Bertz CT molecular complexity index is 554. The lowest BCUT2D eigenvalue weighted by Gasteiger charge is -2.28. The lowest BCUT2D eigenvalue weighted by Crippen LogP contribution is -2.47. The summed E-state index contributed by atoms with van der Waals surface area (Å²) in [7, 11) is 3.34. The minimum Gasteiger partial charge on any atom is -0.317 e. The number of hydrazine groups is 1. The maximum Gasteiger partial charge on any atom is 0.290 e. The quantitative estimate of drug-likeness (QED) is 0.278. The first-order chi connectivity index (χ1) is 9.43. The highest BCUT2D eigenvalue weighted by molar-refractivity contribution is 7.15. The van der Waals surface area contributed by atoms with Gasteiger partial charge in [0.05, 0.1) is 12.7 Å². The number of hydrazone groups is 1. The van der Waals surface area contributed by atoms with Gasteiger partial charge in [-0.05, 0) is 0 Å². The van der Waals surface area contributed by atoms with Crippen LogP contribution in [-0.2, 0) is 11.3 Å². The topological polar surface area (TPSA) is 104 Å². The molecule has 1 heterocycles. The third-order valence-corrected chi connectivity index (χ3v) is 3.09. The molecule has 0 atom stereocenters. The molecule has 1 aromatic heterocycles. The van der Waals surface area contributed by atoms with Gasteiger partial charge in [0.25, 0.3) is 5.96 Å². The number of rotatable bonds is 5. The van der Waals surface area contributed by atoms with Gasteiger partial charge in [-0.2, -0.15) is 0 Å². The molecule has 20 heavy (non-hydrogen) atoms. The van der Waals surface area contributed by atoms with Crippen LogP contribution in [-0.4, -0.2) is 46.0 Å². The number of carbonyl (C=O) groups excluding carboxylic acids is 1. The summed E-state index contributed by atoms with van der Waals surface area (Å²) in [5, 5.41) is 18.3. The van der Waals surface area contributed by atoms with Crippen LogP contribution in [0.25, 0.3) is 0 Å². The number of nitrogens with one attached hydrogen (secondary N) is 1. The van der Waals surface area contributed by atoms with Crippen LogP contribution in [0.4, 0.5) is 0 Å². The van der Waals surface area contributed by atoms with E-state index in [1.807, 2.05) is 0 Å². The third kappa shape index (κ3) is 4.94. The highest BCUT2D eigenvalue weighted by Crippen LogP contribution is 2.19. The number of aromatic nitrogens is 1. The fourth-order valence-corrected chi connectivity index (χ4v) is 2.20. The van der Waals surface area contributed by atoms with Gasteiger partial charge >= 0.3 is 0 Å². The van der Waals surface area contributed by atoms with Gasteiger partial charge in [-0.15, -0.1) is 11.3 Å². The molecule has 1 N–H and O–H groups in total. The predicted molar refractivity (Wildman–Crippen MR) is 74.2 cm³/mol. The zero-order valence-electron chi connectivity index (χ0n) is 10.6. The highest BCUT2D eigenvalue weighted by Gasteiger charge is 2.18. The lowest BCUT2D eigenvalue weighted by atomic mass is 10.5. The summed E-state index contributed by atoms with van der Waals surface area (Å²) in [5.41, 5.74) is 0. The van der Waals surface area contributed by atoms with Crippen LogP contribution >= 0.6 is 22.9 Å². The van der Waals surface area contributed by atoms with Crippen LogP contribution in [0.15, 0.2) is 17.5 Å². The Morgan fingerprint density at radius 1 is 1.75 bits per heavy atom. The van der Waals surface area contributed by atoms with Gasteiger partial charge in [0.15, 0.2) is 9.50 Å². The van der Waals surface area contributed by atoms with E-state index in [0.29, 0.717) is 4.47 Å². The molecule has 0 spiro atoms. The molecular weight excluding hydrogens is 308 g/mol. The van der Waals surface area contributed by atoms with E-state index in [1.165, 1.54) is 22.3 Å². The smallest absolute Gasteiger partial charge is 0.290 e. The average Bonchev–Trinajstić information content (AvgIpc) is 2.76. The molecule has 108 valence electrons. The van der Waals surface area contributed by atoms with E-state index in [-0.39, 0.29) is 12.5 Å². The summed E-state index contributed by atoms with van der Waals surface area (Å²) in [4.78, 5) is 25.4. The molecule has 0 amide bonds. The molecule has 1 rings (SSSR count). The standard InChI is InChI=1S/C9H11ClN6O3S/c1-14(2)15(6-7-5-12-8(10)20-7)9(11-3-4-17)13-16(18)19/h3,5H,6H2,1-2H3,(H,11,13). The van der Waals surface area contributed by atoms with Crippen molar-refractivity contribution in [2.24, 2.45) is 5.10 Å². The van der Waals surface area contributed by atoms with Crippen LogP contribution in [0.3, 0.4) is 0 Å². The normalized spacial score (nSPS) is 11.1. The second-order valence-electron chi connectivity index (χ2n) is 3.55. The number of hydrogen-bond donors (Lipinski definition) is 1. The molecule has 0 aliphatic heterocycles. The molecule has 0 aromatic carbocycles. The van der Waals surface area contributed by atoms with Crippen molar-refractivity contribution in [3.63, 3.8) is 0 Å². The predicted octanol–water partition coefficient (Wildman–Crippen LogP) is 0.558. The molecule has 11 heteroatoms. The summed E-state index contributed by atoms with van der Waals surface area (Å²) in [6.45, 7) is 0.254. The van der Waals surface area contributed by atoms with E-state index in [2.05, 4.69) is 15.4 Å². The molecule has 1 aromatic rings. The van der Waals surface area contributed by atoms with Crippen molar-refractivity contribution in [2.45, 2.75) is 6.54 Å². The molecule has 0 unspecified atom stereocenters. The fraction of sp³-hybridized carbons (Fsp3) is 0.333. The molecular formula is C9H11ClN6O3S. The Hall–Kier alpha value is -2.00. The van der Waals surface area contributed by atoms with Gasteiger partial charge in [0, 0.05) is 25.2 Å². The molecule has 0 fully saturated rings. The Balaban J connectivity index is 3.01. The van der Waals surface area contributed by atoms with Gasteiger partial charge in [-0.1, -0.05) is 11.6 Å². The second-order valence-corrected chi connectivity index (χ2v) is 5.25. The molecule has 0 saturated heterocycles. The zero-order chi connectivity index (χ0) is 15.1. The first-order valence-corrected chi connectivity index (χ1v) is 6.37. The van der Waals surface area contributed by atoms with Crippen molar-refractivity contribution in [1.29, 1.82) is 0 Å². The monoisotopic (exact) mass is 318 g/mol. The maximum absolute atomic E-state index is 10.5. The van der Waals surface area contributed by atoms with Gasteiger partial charge in [0.2, 0.25) is 0 Å². The van der Waals surface area contributed by atoms with Gasteiger partial charge < -0.3 is 5.32 Å². The number of thiazole rings is 1. The Labute approximate surface area is 123 Å². The lowest BCUT2D eigenvalue weighted by molar-refractivity contribution is -0.486. The first-order valence-electron chi connectivity index (χ1n) is 5.18. The number of nitrogens with zero attached hydrogens (tertiary/aromatic N) is 5. The highest BCUT2D eigenvalue weighted by atomic mass is 35.5. The van der Waals surface area contributed by atoms with Crippen molar-refractivity contribution >= 4 is 34.8 Å². The molecule has 0 bridgehead atoms. The number of nitro groups is 1. The number of hydrogen-bond acceptors (Lipinski definition) is 6. The number of halogens is 1. The Kier molecular flexibility index (Phi) is 6.07. The summed E-state index contributed by atoms with van der Waals surface area (Å²) >= 11 is 6.97. The summed E-state index contributed by atoms with van der Waals surface area (Å²) in [6.07, 6.45) is 2.45. The number of guanidine groups is 1. The molecule has 0 saturated carbocycles. The average molecular weight is 319 g/mol. The molecule has 9 nitrogen and oxygen atoms in total. The van der Waals surface area contributed by atoms with E-state index in [1.54, 1.807) is 25.3 Å². The van der Waals surface area contributed by atoms with Crippen molar-refractivity contribution in [2.75, 3.05) is 14.1 Å². The summed E-state index contributed by atoms with van der Waals surface area (Å²) in [5.74, 6) is 1.34. The Morgan fingerprint density at radius 2 is 2.45 bits per heavy atom. The SMILES string of the molecule is CN(C)N(Cc1cnc(Cl)s1)C(=N[N+](=O)[O-])NC=C=O. The van der Waals surface area contributed by atoms with Crippen molar-refractivity contribution < 1.29 is 9.83 Å². The maximum atomic E-state index is 10.5. The molecule has 0 aliphatic carbocycles. The van der Waals surface area contributed by atoms with E-state index in [9.17, 15) is 14.9 Å². The zero-order valence-corrected chi connectivity index (χ0v) is 12.2. The van der Waals surface area contributed by atoms with E-state index in [0.717, 1.165) is 11.1 Å². The van der Waals surface area contributed by atoms with Crippen LogP contribution in [0, 0.1) is 10.1 Å². The van der Waals surface area contributed by atoms with Crippen LogP contribution in [0.1, 0.15) is 4.88 Å². The van der Waals surface area contributed by atoms with E-state index < -0.39 is 5.03 Å². The van der Waals surface area contributed by atoms with Crippen molar-refractivity contribution in [1.82, 2.24) is 20.3 Å². The van der Waals surface area contributed by atoms with Gasteiger partial charge in [-0.25, -0.2) is 24.9 Å². The van der Waals surface area contributed by atoms with E-state index >= 15 is 0 Å². The minimum absolute atomic E-state index is 0.132. The summed E-state index contributed by atoms with van der Waals surface area (Å²) < 4.78 is 0.368. The minimum atomic E-state index is -0.864. The van der Waals surface area contributed by atoms with Crippen LogP contribution < -0.4 is 5.32 Å². The Morgan fingerprint density at radius 3 is 2.90 bits per heavy atom. The first kappa shape index (κ1) is 16.1. The third-order valence-electron chi connectivity index (χ3n) is 1.99. The van der Waals surface area contributed by atoms with Crippen LogP contribution in [0.5, 0.6) is 0 Å². The summed E-state index contributed by atoms with van der Waals surface area (Å²) in [6, 6.07) is 0. The molecule has 0 aliphatic rings. The van der Waals surface area contributed by atoms with Crippen molar-refractivity contribution in [3.05, 3.63) is 31.9 Å². The fourth-order valence-electron chi connectivity index (χ4n) is 1.24. The largest absolute Gasteiger partial charge is 0.317 e. The van der Waals surface area contributed by atoms with Crippen molar-refractivity contribution in [3.8, 4) is 0 Å². The second kappa shape index (κ2) is 7.56.